The highest BCUT2D eigenvalue weighted by molar-refractivity contribution is 5.57. The van der Waals surface area contributed by atoms with Gasteiger partial charge in [-0.15, -0.1) is 0 Å². The van der Waals surface area contributed by atoms with Gasteiger partial charge in [0, 0.05) is 27.1 Å². The van der Waals surface area contributed by atoms with Crippen LogP contribution in [0.15, 0.2) is 9.79 Å². The maximum absolute atomic E-state index is 11.5. The number of nitrogens with zero attached hydrogens (tertiary/aromatic N) is 5. The van der Waals surface area contributed by atoms with Gasteiger partial charge in [-0.1, -0.05) is 13.8 Å². The first-order valence-electron chi connectivity index (χ1n) is 5.07. The first kappa shape index (κ1) is 12.4. The Labute approximate surface area is 94.7 Å². The molecule has 0 N–H and O–H groups in total. The molecule has 0 spiro atoms. The van der Waals surface area contributed by atoms with Crippen LogP contribution in [0.2, 0.25) is 0 Å². The highest BCUT2D eigenvalue weighted by atomic mass is 16.1. The zero-order chi connectivity index (χ0) is 12.3. The van der Waals surface area contributed by atoms with Gasteiger partial charge in [-0.3, -0.25) is 4.57 Å². The van der Waals surface area contributed by atoms with E-state index in [1.807, 2.05) is 27.9 Å². The quantitative estimate of drug-likeness (QED) is 0.553. The van der Waals surface area contributed by atoms with Crippen LogP contribution in [-0.4, -0.2) is 39.9 Å². The van der Waals surface area contributed by atoms with Gasteiger partial charge in [0.1, 0.15) is 5.82 Å². The molecule has 1 rings (SSSR count). The van der Waals surface area contributed by atoms with Gasteiger partial charge in [0.15, 0.2) is 0 Å². The van der Waals surface area contributed by atoms with Crippen LogP contribution in [0.25, 0.3) is 0 Å². The van der Waals surface area contributed by atoms with Gasteiger partial charge in [0.05, 0.1) is 6.34 Å². The van der Waals surface area contributed by atoms with Crippen LogP contribution in [0.3, 0.4) is 0 Å². The molecule has 0 aliphatic heterocycles. The van der Waals surface area contributed by atoms with Gasteiger partial charge in [-0.05, 0) is 0 Å². The summed E-state index contributed by atoms with van der Waals surface area (Å²) in [4.78, 5) is 25.3. The Kier molecular flexibility index (Phi) is 3.76. The molecule has 88 valence electrons. The molecule has 0 radical (unpaired) electrons. The Bertz CT molecular complexity index is 447. The summed E-state index contributed by atoms with van der Waals surface area (Å²) < 4.78 is 1.44. The molecular weight excluding hydrogens is 206 g/mol. The molecule has 6 nitrogen and oxygen atoms in total. The first-order chi connectivity index (χ1) is 7.41. The molecule has 1 heterocycles. The first-order valence-corrected chi connectivity index (χ1v) is 5.07. The summed E-state index contributed by atoms with van der Waals surface area (Å²) in [6.45, 7) is 3.95. The van der Waals surface area contributed by atoms with Gasteiger partial charge in [0.2, 0.25) is 0 Å². The van der Waals surface area contributed by atoms with E-state index < -0.39 is 0 Å². The van der Waals surface area contributed by atoms with Gasteiger partial charge in [-0.2, -0.15) is 9.97 Å². The normalized spacial score (nSPS) is 11.4. The summed E-state index contributed by atoms with van der Waals surface area (Å²) in [6.07, 6.45) is 1.57. The minimum absolute atomic E-state index is 0.161. The molecule has 0 aliphatic rings. The molecule has 0 fully saturated rings. The summed E-state index contributed by atoms with van der Waals surface area (Å²) in [7, 11) is 5.35. The SMILES string of the molecule is CC(C)c1nc(N=CN(C)C)nc(=O)n1C. The summed E-state index contributed by atoms with van der Waals surface area (Å²) >= 11 is 0. The molecule has 0 saturated carbocycles. The molecule has 0 bridgehead atoms. The number of aliphatic imine (C=N–C) groups is 1. The summed E-state index contributed by atoms with van der Waals surface area (Å²) in [5, 5.41) is 0. The van der Waals surface area contributed by atoms with Crippen LogP contribution in [0.4, 0.5) is 5.95 Å². The monoisotopic (exact) mass is 223 g/mol. The van der Waals surface area contributed by atoms with E-state index in [9.17, 15) is 4.79 Å². The van der Waals surface area contributed by atoms with E-state index in [-0.39, 0.29) is 17.6 Å². The van der Waals surface area contributed by atoms with Crippen LogP contribution in [0, 0.1) is 0 Å². The molecule has 1 aromatic heterocycles. The standard InChI is InChI=1S/C10H17N5O/c1-7(2)8-12-9(11-6-14(3)4)13-10(16)15(8)5/h6-7H,1-5H3. The van der Waals surface area contributed by atoms with Crippen molar-refractivity contribution < 1.29 is 0 Å². The van der Waals surface area contributed by atoms with Crippen LogP contribution in [0.1, 0.15) is 25.6 Å². The van der Waals surface area contributed by atoms with E-state index >= 15 is 0 Å². The van der Waals surface area contributed by atoms with Crippen LogP contribution in [-0.2, 0) is 7.05 Å². The maximum atomic E-state index is 11.5. The van der Waals surface area contributed by atoms with Crippen molar-refractivity contribution in [3.05, 3.63) is 16.3 Å². The third-order valence-electron chi connectivity index (χ3n) is 1.96. The van der Waals surface area contributed by atoms with Crippen LogP contribution >= 0.6 is 0 Å². The fourth-order valence-corrected chi connectivity index (χ4v) is 1.20. The largest absolute Gasteiger partial charge is 0.369 e. The summed E-state index contributed by atoms with van der Waals surface area (Å²) in [6, 6.07) is 0. The van der Waals surface area contributed by atoms with Gasteiger partial charge in [-0.25, -0.2) is 9.79 Å². The number of hydrogen-bond acceptors (Lipinski definition) is 4. The van der Waals surface area contributed by atoms with E-state index in [0.29, 0.717) is 5.82 Å². The van der Waals surface area contributed by atoms with Crippen molar-refractivity contribution in [3.8, 4) is 0 Å². The lowest BCUT2D eigenvalue weighted by atomic mass is 10.2. The Hall–Kier alpha value is -1.72. The lowest BCUT2D eigenvalue weighted by Gasteiger charge is -2.09. The Morgan fingerprint density at radius 2 is 2.00 bits per heavy atom. The second-order valence-electron chi connectivity index (χ2n) is 4.09. The second-order valence-corrected chi connectivity index (χ2v) is 4.09. The molecule has 0 aromatic carbocycles. The van der Waals surface area contributed by atoms with E-state index in [1.54, 1.807) is 18.3 Å². The Morgan fingerprint density at radius 3 is 2.50 bits per heavy atom. The minimum atomic E-state index is -0.329. The van der Waals surface area contributed by atoms with E-state index in [0.717, 1.165) is 0 Å². The fraction of sp³-hybridized carbons (Fsp3) is 0.600. The molecular formula is C10H17N5O. The van der Waals surface area contributed by atoms with E-state index in [1.165, 1.54) is 4.57 Å². The average molecular weight is 223 g/mol. The predicted octanol–water partition coefficient (Wildman–Crippen LogP) is 0.520. The van der Waals surface area contributed by atoms with Crippen molar-refractivity contribution in [1.82, 2.24) is 19.4 Å². The zero-order valence-electron chi connectivity index (χ0n) is 10.3. The molecule has 6 heteroatoms. The molecule has 1 aromatic rings. The van der Waals surface area contributed by atoms with Gasteiger partial charge < -0.3 is 4.90 Å². The van der Waals surface area contributed by atoms with Crippen molar-refractivity contribution in [3.63, 3.8) is 0 Å². The van der Waals surface area contributed by atoms with Crippen molar-refractivity contribution >= 4 is 12.3 Å². The summed E-state index contributed by atoms with van der Waals surface area (Å²) in [5.74, 6) is 1.06. The molecule has 0 unspecified atom stereocenters. The maximum Gasteiger partial charge on any atom is 0.352 e. The lowest BCUT2D eigenvalue weighted by molar-refractivity contribution is 0.632. The third-order valence-corrected chi connectivity index (χ3v) is 1.96. The minimum Gasteiger partial charge on any atom is -0.369 e. The third kappa shape index (κ3) is 2.88. The number of aromatic nitrogens is 3. The topological polar surface area (TPSA) is 63.4 Å². The molecule has 0 aliphatic carbocycles. The predicted molar refractivity (Wildman–Crippen MR) is 63.2 cm³/mol. The highest BCUT2D eigenvalue weighted by Gasteiger charge is 2.09. The van der Waals surface area contributed by atoms with Crippen molar-refractivity contribution in [2.45, 2.75) is 19.8 Å². The smallest absolute Gasteiger partial charge is 0.352 e. The molecule has 16 heavy (non-hydrogen) atoms. The van der Waals surface area contributed by atoms with Gasteiger partial charge in [0.25, 0.3) is 5.95 Å². The molecule has 0 amide bonds. The van der Waals surface area contributed by atoms with Crippen molar-refractivity contribution in [2.24, 2.45) is 12.0 Å². The van der Waals surface area contributed by atoms with Crippen LogP contribution < -0.4 is 5.69 Å². The number of rotatable bonds is 3. The fourth-order valence-electron chi connectivity index (χ4n) is 1.20. The molecule has 0 saturated heterocycles. The zero-order valence-corrected chi connectivity index (χ0v) is 10.3. The Morgan fingerprint density at radius 1 is 1.38 bits per heavy atom. The van der Waals surface area contributed by atoms with Crippen LogP contribution in [0.5, 0.6) is 0 Å². The molecule has 0 atom stereocenters. The number of hydrogen-bond donors (Lipinski definition) is 0. The second kappa shape index (κ2) is 4.87. The van der Waals surface area contributed by atoms with Crippen molar-refractivity contribution in [1.29, 1.82) is 0 Å². The van der Waals surface area contributed by atoms with E-state index in [4.69, 9.17) is 0 Å². The highest BCUT2D eigenvalue weighted by Crippen LogP contribution is 2.10. The average Bonchev–Trinajstić information content (AvgIpc) is 2.19. The van der Waals surface area contributed by atoms with Crippen molar-refractivity contribution in [2.75, 3.05) is 14.1 Å². The lowest BCUT2D eigenvalue weighted by Crippen LogP contribution is -2.25. The van der Waals surface area contributed by atoms with Gasteiger partial charge >= 0.3 is 5.69 Å². The Balaban J connectivity index is 3.19. The van der Waals surface area contributed by atoms with E-state index in [2.05, 4.69) is 15.0 Å². The summed E-state index contributed by atoms with van der Waals surface area (Å²) in [5.41, 5.74) is -0.329.